The Morgan fingerprint density at radius 2 is 2.00 bits per heavy atom. The zero-order valence-corrected chi connectivity index (χ0v) is 12.4. The molecule has 114 valence electrons. The second kappa shape index (κ2) is 6.80. The highest BCUT2D eigenvalue weighted by Crippen LogP contribution is 2.35. The number of carbonyl (C=O) groups is 1. The monoisotopic (exact) mass is 300 g/mol. The van der Waals surface area contributed by atoms with E-state index in [0.717, 1.165) is 0 Å². The molecular weight excluding hydrogens is 284 g/mol. The van der Waals surface area contributed by atoms with Crippen molar-refractivity contribution >= 4 is 11.7 Å². The average Bonchev–Trinajstić information content (AvgIpc) is 2.54. The molecule has 1 aromatic heterocycles. The number of esters is 1. The molecule has 0 saturated heterocycles. The van der Waals surface area contributed by atoms with Crippen LogP contribution in [0.2, 0.25) is 0 Å². The molecule has 1 heterocycles. The highest BCUT2D eigenvalue weighted by molar-refractivity contribution is 5.82. The van der Waals surface area contributed by atoms with Crippen molar-refractivity contribution in [1.29, 1.82) is 0 Å². The average molecular weight is 300 g/mol. The Morgan fingerprint density at radius 1 is 1.32 bits per heavy atom. The summed E-state index contributed by atoms with van der Waals surface area (Å²) in [5.41, 5.74) is 1.10. The van der Waals surface area contributed by atoms with E-state index in [9.17, 15) is 14.9 Å². The fourth-order valence-corrected chi connectivity index (χ4v) is 2.21. The van der Waals surface area contributed by atoms with E-state index in [1.54, 1.807) is 44.2 Å². The summed E-state index contributed by atoms with van der Waals surface area (Å²) in [6, 6.07) is 10.6. The van der Waals surface area contributed by atoms with Gasteiger partial charge in [0.1, 0.15) is 11.6 Å². The molecule has 0 fully saturated rings. The second-order valence-electron chi connectivity index (χ2n) is 4.69. The maximum absolute atomic E-state index is 11.9. The van der Waals surface area contributed by atoms with Gasteiger partial charge in [-0.15, -0.1) is 0 Å². The van der Waals surface area contributed by atoms with Crippen LogP contribution >= 0.6 is 0 Å². The van der Waals surface area contributed by atoms with E-state index in [1.807, 2.05) is 6.07 Å². The van der Waals surface area contributed by atoms with Crippen LogP contribution in [0.4, 0.5) is 5.69 Å². The van der Waals surface area contributed by atoms with Gasteiger partial charge in [0, 0.05) is 6.20 Å². The number of benzene rings is 1. The van der Waals surface area contributed by atoms with Crippen LogP contribution in [0.5, 0.6) is 0 Å². The molecule has 22 heavy (non-hydrogen) atoms. The van der Waals surface area contributed by atoms with E-state index < -0.39 is 16.8 Å². The third-order valence-corrected chi connectivity index (χ3v) is 3.27. The van der Waals surface area contributed by atoms with Gasteiger partial charge in [-0.25, -0.2) is 0 Å². The SMILES string of the molecule is CCOC(=O)C(C)c1nccc(-c2ccccc2)c1[N+](=O)[O-]. The van der Waals surface area contributed by atoms with E-state index in [0.29, 0.717) is 11.1 Å². The minimum atomic E-state index is -0.802. The summed E-state index contributed by atoms with van der Waals surface area (Å²) < 4.78 is 4.94. The van der Waals surface area contributed by atoms with Crippen molar-refractivity contribution in [1.82, 2.24) is 4.98 Å². The third-order valence-electron chi connectivity index (χ3n) is 3.27. The van der Waals surface area contributed by atoms with Crippen molar-refractivity contribution in [3.05, 3.63) is 58.4 Å². The predicted octanol–water partition coefficient (Wildman–Crippen LogP) is 3.32. The molecule has 6 nitrogen and oxygen atoms in total. The zero-order chi connectivity index (χ0) is 16.1. The quantitative estimate of drug-likeness (QED) is 0.480. The highest BCUT2D eigenvalue weighted by atomic mass is 16.6. The first-order chi connectivity index (χ1) is 10.6. The van der Waals surface area contributed by atoms with Gasteiger partial charge in [-0.05, 0) is 25.5 Å². The summed E-state index contributed by atoms with van der Waals surface area (Å²) in [6.45, 7) is 3.46. The normalized spacial score (nSPS) is 11.7. The summed E-state index contributed by atoms with van der Waals surface area (Å²) in [4.78, 5) is 26.9. The number of nitro groups is 1. The summed E-state index contributed by atoms with van der Waals surface area (Å²) in [7, 11) is 0. The standard InChI is InChI=1S/C16H16N2O4/c1-3-22-16(19)11(2)14-15(18(20)21)13(9-10-17-14)12-7-5-4-6-8-12/h4-11H,3H2,1-2H3. The number of hydrogen-bond acceptors (Lipinski definition) is 5. The van der Waals surface area contributed by atoms with E-state index in [2.05, 4.69) is 4.98 Å². The summed E-state index contributed by atoms with van der Waals surface area (Å²) >= 11 is 0. The Kier molecular flexibility index (Phi) is 4.83. The molecule has 0 aliphatic carbocycles. The van der Waals surface area contributed by atoms with E-state index in [4.69, 9.17) is 4.74 Å². The molecule has 2 rings (SSSR count). The van der Waals surface area contributed by atoms with Crippen LogP contribution in [0, 0.1) is 10.1 Å². The van der Waals surface area contributed by atoms with Crippen molar-refractivity contribution in [2.75, 3.05) is 6.61 Å². The fraction of sp³-hybridized carbons (Fsp3) is 0.250. The summed E-state index contributed by atoms with van der Waals surface area (Å²) in [6.07, 6.45) is 1.47. The number of carbonyl (C=O) groups excluding carboxylic acids is 1. The number of rotatable bonds is 5. The van der Waals surface area contributed by atoms with Crippen LogP contribution in [0.15, 0.2) is 42.6 Å². The van der Waals surface area contributed by atoms with Gasteiger partial charge in [0.15, 0.2) is 0 Å². The maximum Gasteiger partial charge on any atom is 0.315 e. The Morgan fingerprint density at radius 3 is 2.59 bits per heavy atom. The molecule has 6 heteroatoms. The third kappa shape index (κ3) is 3.11. The van der Waals surface area contributed by atoms with E-state index in [-0.39, 0.29) is 18.0 Å². The van der Waals surface area contributed by atoms with Crippen LogP contribution < -0.4 is 0 Å². The van der Waals surface area contributed by atoms with Gasteiger partial charge in [0.2, 0.25) is 0 Å². The van der Waals surface area contributed by atoms with Gasteiger partial charge in [0.25, 0.3) is 5.69 Å². The topological polar surface area (TPSA) is 82.3 Å². The number of hydrogen-bond donors (Lipinski definition) is 0. The Labute approximate surface area is 127 Å². The molecule has 1 aromatic carbocycles. The largest absolute Gasteiger partial charge is 0.465 e. The molecule has 1 unspecified atom stereocenters. The first-order valence-electron chi connectivity index (χ1n) is 6.91. The lowest BCUT2D eigenvalue weighted by atomic mass is 9.98. The lowest BCUT2D eigenvalue weighted by molar-refractivity contribution is -0.385. The zero-order valence-electron chi connectivity index (χ0n) is 12.4. The molecule has 0 spiro atoms. The molecule has 0 radical (unpaired) electrons. The van der Waals surface area contributed by atoms with Gasteiger partial charge < -0.3 is 4.74 Å². The van der Waals surface area contributed by atoms with Gasteiger partial charge in [-0.2, -0.15) is 0 Å². The molecule has 0 N–H and O–H groups in total. The minimum Gasteiger partial charge on any atom is -0.465 e. The minimum absolute atomic E-state index is 0.116. The molecular formula is C16H16N2O4. The van der Waals surface area contributed by atoms with Crippen LogP contribution in [-0.2, 0) is 9.53 Å². The van der Waals surface area contributed by atoms with Crippen LogP contribution in [0.25, 0.3) is 11.1 Å². The molecule has 1 atom stereocenters. The van der Waals surface area contributed by atoms with Gasteiger partial charge in [-0.1, -0.05) is 30.3 Å². The van der Waals surface area contributed by atoms with Crippen LogP contribution in [0.3, 0.4) is 0 Å². The molecule has 0 aliphatic heterocycles. The van der Waals surface area contributed by atoms with Crippen LogP contribution in [0.1, 0.15) is 25.5 Å². The lowest BCUT2D eigenvalue weighted by Gasteiger charge is -2.12. The molecule has 2 aromatic rings. The van der Waals surface area contributed by atoms with Gasteiger partial charge in [-0.3, -0.25) is 19.9 Å². The summed E-state index contributed by atoms with van der Waals surface area (Å²) in [5.74, 6) is -1.33. The van der Waals surface area contributed by atoms with Crippen molar-refractivity contribution in [3.8, 4) is 11.1 Å². The Bertz CT molecular complexity index is 686. The van der Waals surface area contributed by atoms with Crippen molar-refractivity contribution < 1.29 is 14.5 Å². The molecule has 0 aliphatic rings. The van der Waals surface area contributed by atoms with E-state index in [1.165, 1.54) is 6.20 Å². The number of nitrogens with zero attached hydrogens (tertiary/aromatic N) is 2. The molecule has 0 bridgehead atoms. The maximum atomic E-state index is 11.9. The number of ether oxygens (including phenoxy) is 1. The fourth-order valence-electron chi connectivity index (χ4n) is 2.21. The van der Waals surface area contributed by atoms with Gasteiger partial charge in [0.05, 0.1) is 17.1 Å². The van der Waals surface area contributed by atoms with Gasteiger partial charge >= 0.3 is 5.97 Å². The first kappa shape index (κ1) is 15.6. The number of pyridine rings is 1. The van der Waals surface area contributed by atoms with Crippen molar-refractivity contribution in [2.45, 2.75) is 19.8 Å². The smallest absolute Gasteiger partial charge is 0.315 e. The lowest BCUT2D eigenvalue weighted by Crippen LogP contribution is -2.16. The molecule has 0 saturated carbocycles. The number of aromatic nitrogens is 1. The predicted molar refractivity (Wildman–Crippen MR) is 81.4 cm³/mol. The molecule has 0 amide bonds. The highest BCUT2D eigenvalue weighted by Gasteiger charge is 2.30. The summed E-state index contributed by atoms with van der Waals surface area (Å²) in [5, 5.41) is 11.5. The second-order valence-corrected chi connectivity index (χ2v) is 4.69. The van der Waals surface area contributed by atoms with E-state index >= 15 is 0 Å². The van der Waals surface area contributed by atoms with Crippen molar-refractivity contribution in [3.63, 3.8) is 0 Å². The first-order valence-corrected chi connectivity index (χ1v) is 6.91. The van der Waals surface area contributed by atoms with Crippen molar-refractivity contribution in [2.24, 2.45) is 0 Å². The Hall–Kier alpha value is -2.76. The Balaban J connectivity index is 2.57. The van der Waals surface area contributed by atoms with Crippen LogP contribution in [-0.4, -0.2) is 22.5 Å².